The van der Waals surface area contributed by atoms with Crippen molar-refractivity contribution < 1.29 is 9.90 Å². The highest BCUT2D eigenvalue weighted by Gasteiger charge is 2.32. The van der Waals surface area contributed by atoms with Gasteiger partial charge >= 0.3 is 5.97 Å². The zero-order valence-electron chi connectivity index (χ0n) is 9.88. The van der Waals surface area contributed by atoms with Crippen LogP contribution in [0, 0.1) is 0 Å². The highest BCUT2D eigenvalue weighted by molar-refractivity contribution is 5.85. The quantitative estimate of drug-likeness (QED) is 0.870. The van der Waals surface area contributed by atoms with E-state index in [1.807, 2.05) is 16.8 Å². The number of nitrogens with zero attached hydrogens (tertiary/aromatic N) is 2. The van der Waals surface area contributed by atoms with Gasteiger partial charge in [0.05, 0.1) is 0 Å². The summed E-state index contributed by atoms with van der Waals surface area (Å²) in [4.78, 5) is 13.6. The molecule has 17 heavy (non-hydrogen) atoms. The number of likely N-dealkylation sites (tertiary alicyclic amines) is 1. The van der Waals surface area contributed by atoms with E-state index in [4.69, 9.17) is 5.11 Å². The molecule has 1 aromatic heterocycles. The second-order valence-corrected chi connectivity index (χ2v) is 5.10. The molecule has 0 bridgehead atoms. The Bertz CT molecular complexity index is 415. The summed E-state index contributed by atoms with van der Waals surface area (Å²) in [6, 6.07) is 4.72. The Morgan fingerprint density at radius 3 is 2.47 bits per heavy atom. The lowest BCUT2D eigenvalue weighted by Gasteiger charge is -2.33. The predicted octanol–water partition coefficient (Wildman–Crippen LogP) is 1.99. The minimum Gasteiger partial charge on any atom is -0.477 e. The van der Waals surface area contributed by atoms with Gasteiger partial charge in [-0.05, 0) is 37.8 Å². The largest absolute Gasteiger partial charge is 0.477 e. The number of carbonyl (C=O) groups is 1. The summed E-state index contributed by atoms with van der Waals surface area (Å²) in [7, 11) is 0. The van der Waals surface area contributed by atoms with Crippen molar-refractivity contribution in [1.29, 1.82) is 0 Å². The Morgan fingerprint density at radius 1 is 1.18 bits per heavy atom. The minimum absolute atomic E-state index is 0.367. The van der Waals surface area contributed by atoms with Gasteiger partial charge in [0, 0.05) is 31.4 Å². The molecule has 0 amide bonds. The van der Waals surface area contributed by atoms with Crippen molar-refractivity contribution in [3.05, 3.63) is 24.0 Å². The first-order valence-electron chi connectivity index (χ1n) is 6.40. The number of carboxylic acids is 1. The fourth-order valence-electron chi connectivity index (χ4n) is 2.86. The van der Waals surface area contributed by atoms with Gasteiger partial charge in [0.1, 0.15) is 5.69 Å². The van der Waals surface area contributed by atoms with Crippen LogP contribution in [0.4, 0.5) is 0 Å². The molecule has 0 unspecified atom stereocenters. The summed E-state index contributed by atoms with van der Waals surface area (Å²) in [5.41, 5.74) is 0.426. The minimum atomic E-state index is -0.820. The van der Waals surface area contributed by atoms with Gasteiger partial charge in [-0.1, -0.05) is 0 Å². The van der Waals surface area contributed by atoms with Crippen LogP contribution in [-0.2, 0) is 0 Å². The first kappa shape index (κ1) is 10.8. The standard InChI is InChI=1S/C13H18N2O2/c16-13(17)12-2-1-7-15(12)11-5-8-14(9-6-11)10-3-4-10/h1-2,7,10-11H,3-6,8-9H2,(H,16,17). The average molecular weight is 234 g/mol. The molecule has 1 aromatic rings. The summed E-state index contributed by atoms with van der Waals surface area (Å²) < 4.78 is 1.94. The molecule has 1 saturated carbocycles. The van der Waals surface area contributed by atoms with Crippen LogP contribution >= 0.6 is 0 Å². The summed E-state index contributed by atoms with van der Waals surface area (Å²) in [6.07, 6.45) is 6.76. The summed E-state index contributed by atoms with van der Waals surface area (Å²) >= 11 is 0. The molecule has 1 aliphatic heterocycles. The molecule has 2 aliphatic rings. The molecule has 0 aromatic carbocycles. The smallest absolute Gasteiger partial charge is 0.352 e. The van der Waals surface area contributed by atoms with Crippen molar-refractivity contribution in [2.75, 3.05) is 13.1 Å². The molecule has 92 valence electrons. The highest BCUT2D eigenvalue weighted by atomic mass is 16.4. The maximum absolute atomic E-state index is 11.1. The maximum Gasteiger partial charge on any atom is 0.352 e. The first-order valence-corrected chi connectivity index (χ1v) is 6.40. The van der Waals surface area contributed by atoms with Crippen LogP contribution in [0.15, 0.2) is 18.3 Å². The lowest BCUT2D eigenvalue weighted by molar-refractivity contribution is 0.0678. The van der Waals surface area contributed by atoms with Crippen LogP contribution in [0.1, 0.15) is 42.2 Å². The first-order chi connectivity index (χ1) is 8.25. The van der Waals surface area contributed by atoms with Crippen molar-refractivity contribution >= 4 is 5.97 Å². The Morgan fingerprint density at radius 2 is 1.88 bits per heavy atom. The van der Waals surface area contributed by atoms with E-state index in [0.717, 1.165) is 32.0 Å². The zero-order valence-corrected chi connectivity index (χ0v) is 9.88. The molecule has 2 heterocycles. The van der Waals surface area contributed by atoms with E-state index in [1.54, 1.807) is 6.07 Å². The van der Waals surface area contributed by atoms with Crippen molar-refractivity contribution in [3.8, 4) is 0 Å². The Balaban J connectivity index is 1.68. The second-order valence-electron chi connectivity index (χ2n) is 5.10. The van der Waals surface area contributed by atoms with Crippen LogP contribution < -0.4 is 0 Å². The normalized spacial score (nSPS) is 22.8. The van der Waals surface area contributed by atoms with Gasteiger partial charge in [0.25, 0.3) is 0 Å². The van der Waals surface area contributed by atoms with E-state index < -0.39 is 5.97 Å². The van der Waals surface area contributed by atoms with Crippen LogP contribution in [0.3, 0.4) is 0 Å². The molecule has 4 heteroatoms. The Hall–Kier alpha value is -1.29. The molecule has 1 aliphatic carbocycles. The summed E-state index contributed by atoms with van der Waals surface area (Å²) in [6.45, 7) is 2.24. The van der Waals surface area contributed by atoms with E-state index in [0.29, 0.717) is 11.7 Å². The second kappa shape index (κ2) is 4.18. The number of piperidine rings is 1. The fourth-order valence-corrected chi connectivity index (χ4v) is 2.86. The van der Waals surface area contributed by atoms with E-state index in [9.17, 15) is 4.79 Å². The number of aromatic carboxylic acids is 1. The molecule has 1 N–H and O–H groups in total. The number of hydrogen-bond donors (Lipinski definition) is 1. The number of hydrogen-bond acceptors (Lipinski definition) is 2. The fraction of sp³-hybridized carbons (Fsp3) is 0.615. The molecule has 4 nitrogen and oxygen atoms in total. The van der Waals surface area contributed by atoms with E-state index in [2.05, 4.69) is 4.90 Å². The van der Waals surface area contributed by atoms with Crippen LogP contribution in [0.25, 0.3) is 0 Å². The van der Waals surface area contributed by atoms with Crippen molar-refractivity contribution in [2.24, 2.45) is 0 Å². The van der Waals surface area contributed by atoms with E-state index >= 15 is 0 Å². The monoisotopic (exact) mass is 234 g/mol. The third-order valence-corrected chi connectivity index (χ3v) is 3.95. The lowest BCUT2D eigenvalue weighted by Crippen LogP contribution is -2.36. The van der Waals surface area contributed by atoms with Crippen LogP contribution in [0.5, 0.6) is 0 Å². The molecular formula is C13H18N2O2. The number of carboxylic acid groups (broad SMARTS) is 1. The van der Waals surface area contributed by atoms with Gasteiger partial charge < -0.3 is 14.6 Å². The zero-order chi connectivity index (χ0) is 11.8. The van der Waals surface area contributed by atoms with Gasteiger partial charge in [-0.3, -0.25) is 0 Å². The highest BCUT2D eigenvalue weighted by Crippen LogP contribution is 2.32. The van der Waals surface area contributed by atoms with Gasteiger partial charge in [-0.15, -0.1) is 0 Å². The molecule has 1 saturated heterocycles. The molecule has 3 rings (SSSR count). The van der Waals surface area contributed by atoms with Crippen molar-refractivity contribution in [3.63, 3.8) is 0 Å². The third kappa shape index (κ3) is 2.09. The number of aromatic nitrogens is 1. The van der Waals surface area contributed by atoms with Crippen molar-refractivity contribution in [1.82, 2.24) is 9.47 Å². The Kier molecular flexibility index (Phi) is 2.67. The molecule has 2 fully saturated rings. The van der Waals surface area contributed by atoms with Gasteiger partial charge in [-0.2, -0.15) is 0 Å². The van der Waals surface area contributed by atoms with Crippen LogP contribution in [0.2, 0.25) is 0 Å². The molecule has 0 spiro atoms. The third-order valence-electron chi connectivity index (χ3n) is 3.95. The Labute approximate surface area is 101 Å². The lowest BCUT2D eigenvalue weighted by atomic mass is 10.0. The van der Waals surface area contributed by atoms with Crippen molar-refractivity contribution in [2.45, 2.75) is 37.8 Å². The molecule has 0 radical (unpaired) electrons. The summed E-state index contributed by atoms with van der Waals surface area (Å²) in [5.74, 6) is -0.820. The maximum atomic E-state index is 11.1. The van der Waals surface area contributed by atoms with E-state index in [-0.39, 0.29) is 0 Å². The van der Waals surface area contributed by atoms with Crippen LogP contribution in [-0.4, -0.2) is 39.7 Å². The molecular weight excluding hydrogens is 216 g/mol. The topological polar surface area (TPSA) is 45.5 Å². The summed E-state index contributed by atoms with van der Waals surface area (Å²) in [5, 5.41) is 9.10. The average Bonchev–Trinajstić information content (AvgIpc) is 3.06. The number of rotatable bonds is 3. The predicted molar refractivity (Wildman–Crippen MR) is 64.3 cm³/mol. The molecule has 0 atom stereocenters. The van der Waals surface area contributed by atoms with Gasteiger partial charge in [0.2, 0.25) is 0 Å². The SMILES string of the molecule is O=C(O)c1cccn1C1CCN(C2CC2)CC1. The van der Waals surface area contributed by atoms with Gasteiger partial charge in [0.15, 0.2) is 0 Å². The van der Waals surface area contributed by atoms with Gasteiger partial charge in [-0.25, -0.2) is 4.79 Å². The van der Waals surface area contributed by atoms with E-state index in [1.165, 1.54) is 12.8 Å².